The predicted molar refractivity (Wildman–Crippen MR) is 90.9 cm³/mol. The summed E-state index contributed by atoms with van der Waals surface area (Å²) in [4.78, 5) is 25.0. The third kappa shape index (κ3) is 3.87. The van der Waals surface area contributed by atoms with E-state index in [0.29, 0.717) is 5.75 Å². The Morgan fingerprint density at radius 2 is 2.05 bits per heavy atom. The Kier molecular flexibility index (Phi) is 5.97. The number of carbonyl (C=O) groups excluding carboxylic acids is 1. The summed E-state index contributed by atoms with van der Waals surface area (Å²) in [6.07, 6.45) is 3.91. The molecule has 1 aromatic rings. The topological polar surface area (TPSA) is 68.2 Å². The standard InChI is InChI=1S/C15H24N2O3S2/c1-4-22(20)13-8-6-5-7-12(13)16-14(18)9-17-10(2)11(3)21-15(17)19/h12-13H,4-9H2,1-3H3,(H,16,18). The van der Waals surface area contributed by atoms with Gasteiger partial charge in [0.15, 0.2) is 0 Å². The first-order chi connectivity index (χ1) is 10.4. The number of amides is 1. The number of hydrogen-bond acceptors (Lipinski definition) is 4. The van der Waals surface area contributed by atoms with E-state index >= 15 is 0 Å². The van der Waals surface area contributed by atoms with Crippen molar-refractivity contribution < 1.29 is 9.00 Å². The van der Waals surface area contributed by atoms with Crippen molar-refractivity contribution in [2.24, 2.45) is 0 Å². The summed E-state index contributed by atoms with van der Waals surface area (Å²) in [5, 5.41) is 3.06. The van der Waals surface area contributed by atoms with Crippen LogP contribution >= 0.6 is 11.3 Å². The minimum atomic E-state index is -0.892. The Morgan fingerprint density at radius 1 is 1.36 bits per heavy atom. The van der Waals surface area contributed by atoms with Gasteiger partial charge in [-0.1, -0.05) is 31.1 Å². The average molecular weight is 345 g/mol. The molecule has 1 saturated carbocycles. The number of carbonyl (C=O) groups is 1. The van der Waals surface area contributed by atoms with Crippen molar-refractivity contribution in [1.29, 1.82) is 0 Å². The molecule has 3 unspecified atom stereocenters. The zero-order chi connectivity index (χ0) is 16.3. The fourth-order valence-electron chi connectivity index (χ4n) is 2.96. The number of nitrogens with one attached hydrogen (secondary N) is 1. The number of aromatic nitrogens is 1. The van der Waals surface area contributed by atoms with E-state index in [-0.39, 0.29) is 28.6 Å². The van der Waals surface area contributed by atoms with E-state index in [1.54, 1.807) is 0 Å². The number of thiazole rings is 1. The van der Waals surface area contributed by atoms with Crippen molar-refractivity contribution in [1.82, 2.24) is 9.88 Å². The first kappa shape index (κ1) is 17.4. The minimum absolute atomic E-state index is 0.0298. The molecule has 1 N–H and O–H groups in total. The molecular weight excluding hydrogens is 320 g/mol. The molecule has 1 fully saturated rings. The van der Waals surface area contributed by atoms with Gasteiger partial charge in [-0.2, -0.15) is 0 Å². The highest BCUT2D eigenvalue weighted by Gasteiger charge is 2.30. The van der Waals surface area contributed by atoms with Crippen LogP contribution in [-0.4, -0.2) is 31.7 Å². The van der Waals surface area contributed by atoms with E-state index in [1.165, 1.54) is 15.9 Å². The average Bonchev–Trinajstić information content (AvgIpc) is 2.73. The molecule has 1 aliphatic carbocycles. The Balaban J connectivity index is 2.04. The lowest BCUT2D eigenvalue weighted by molar-refractivity contribution is -0.122. The zero-order valence-electron chi connectivity index (χ0n) is 13.4. The number of aryl methyl sites for hydroxylation is 1. The smallest absolute Gasteiger partial charge is 0.308 e. The summed E-state index contributed by atoms with van der Waals surface area (Å²) in [7, 11) is -0.892. The van der Waals surface area contributed by atoms with Gasteiger partial charge in [-0.3, -0.25) is 18.4 Å². The number of rotatable bonds is 5. The maximum atomic E-state index is 12.3. The molecular formula is C15H24N2O3S2. The molecule has 0 aliphatic heterocycles. The molecule has 1 aliphatic rings. The van der Waals surface area contributed by atoms with Crippen molar-refractivity contribution in [2.45, 2.75) is 64.3 Å². The van der Waals surface area contributed by atoms with Gasteiger partial charge < -0.3 is 5.32 Å². The van der Waals surface area contributed by atoms with Crippen LogP contribution in [0.25, 0.3) is 0 Å². The lowest BCUT2D eigenvalue weighted by Crippen LogP contribution is -2.48. The van der Waals surface area contributed by atoms with Crippen molar-refractivity contribution >= 4 is 28.0 Å². The van der Waals surface area contributed by atoms with Gasteiger partial charge in [-0.05, 0) is 26.7 Å². The summed E-state index contributed by atoms with van der Waals surface area (Å²) >= 11 is 1.17. The first-order valence-corrected chi connectivity index (χ1v) is 9.97. The van der Waals surface area contributed by atoms with Crippen LogP contribution < -0.4 is 10.2 Å². The molecule has 2 rings (SSSR count). The minimum Gasteiger partial charge on any atom is -0.351 e. The van der Waals surface area contributed by atoms with Gasteiger partial charge in [-0.15, -0.1) is 0 Å². The Bertz CT molecular complexity index is 621. The quantitative estimate of drug-likeness (QED) is 0.884. The summed E-state index contributed by atoms with van der Waals surface area (Å²) in [6, 6.07) is -0.0298. The van der Waals surface area contributed by atoms with Crippen molar-refractivity contribution in [3.05, 3.63) is 20.2 Å². The monoisotopic (exact) mass is 344 g/mol. The van der Waals surface area contributed by atoms with Crippen LogP contribution in [0.1, 0.15) is 43.2 Å². The molecule has 7 heteroatoms. The van der Waals surface area contributed by atoms with E-state index in [1.807, 2.05) is 20.8 Å². The van der Waals surface area contributed by atoms with E-state index in [0.717, 1.165) is 36.3 Å². The second-order valence-electron chi connectivity index (χ2n) is 5.76. The van der Waals surface area contributed by atoms with Gasteiger partial charge in [0.05, 0.1) is 5.25 Å². The SMILES string of the molecule is CCS(=O)C1CCCCC1NC(=O)Cn1c(C)c(C)sc1=O. The van der Waals surface area contributed by atoms with E-state index in [2.05, 4.69) is 5.32 Å². The molecule has 124 valence electrons. The summed E-state index contributed by atoms with van der Waals surface area (Å²) in [5.41, 5.74) is 0.850. The molecule has 0 radical (unpaired) electrons. The van der Waals surface area contributed by atoms with Gasteiger partial charge in [0.1, 0.15) is 6.54 Å². The highest BCUT2D eigenvalue weighted by atomic mass is 32.2. The molecule has 0 spiro atoms. The molecule has 1 aromatic heterocycles. The summed E-state index contributed by atoms with van der Waals surface area (Å²) in [6.45, 7) is 5.71. The van der Waals surface area contributed by atoms with Crippen molar-refractivity contribution in [3.63, 3.8) is 0 Å². The summed E-state index contributed by atoms with van der Waals surface area (Å²) in [5.74, 6) is 0.465. The van der Waals surface area contributed by atoms with Crippen LogP contribution in [0.5, 0.6) is 0 Å². The molecule has 0 aromatic carbocycles. The van der Waals surface area contributed by atoms with E-state index in [4.69, 9.17) is 0 Å². The van der Waals surface area contributed by atoms with E-state index in [9.17, 15) is 13.8 Å². The maximum Gasteiger partial charge on any atom is 0.308 e. The molecule has 3 atom stereocenters. The maximum absolute atomic E-state index is 12.3. The van der Waals surface area contributed by atoms with Crippen LogP contribution in [-0.2, 0) is 22.1 Å². The number of hydrogen-bond donors (Lipinski definition) is 1. The summed E-state index contributed by atoms with van der Waals surface area (Å²) < 4.78 is 13.7. The van der Waals surface area contributed by atoms with Crippen LogP contribution in [0.4, 0.5) is 0 Å². The molecule has 0 bridgehead atoms. The fraction of sp³-hybridized carbons (Fsp3) is 0.733. The Morgan fingerprint density at radius 3 is 2.64 bits per heavy atom. The van der Waals surface area contributed by atoms with Gasteiger partial charge in [-0.25, -0.2) is 0 Å². The van der Waals surface area contributed by atoms with Crippen LogP contribution in [0.3, 0.4) is 0 Å². The first-order valence-electron chi connectivity index (χ1n) is 7.77. The normalized spacial score (nSPS) is 23.2. The van der Waals surface area contributed by atoms with Crippen LogP contribution in [0.15, 0.2) is 4.79 Å². The fourth-order valence-corrected chi connectivity index (χ4v) is 5.22. The second kappa shape index (κ2) is 7.55. The molecule has 0 saturated heterocycles. The van der Waals surface area contributed by atoms with Crippen LogP contribution in [0, 0.1) is 13.8 Å². The zero-order valence-corrected chi connectivity index (χ0v) is 15.0. The van der Waals surface area contributed by atoms with Crippen molar-refractivity contribution in [2.75, 3.05) is 5.75 Å². The molecule has 22 heavy (non-hydrogen) atoms. The molecule has 5 nitrogen and oxygen atoms in total. The van der Waals surface area contributed by atoms with Crippen molar-refractivity contribution in [3.8, 4) is 0 Å². The number of nitrogens with zero attached hydrogens (tertiary/aromatic N) is 1. The lowest BCUT2D eigenvalue weighted by atomic mass is 9.95. The Hall–Kier alpha value is -0.950. The van der Waals surface area contributed by atoms with Gasteiger partial charge in [0.2, 0.25) is 5.91 Å². The molecule has 1 heterocycles. The van der Waals surface area contributed by atoms with Gasteiger partial charge in [0.25, 0.3) is 0 Å². The van der Waals surface area contributed by atoms with E-state index < -0.39 is 10.8 Å². The Labute approximate surface area is 137 Å². The van der Waals surface area contributed by atoms with Gasteiger partial charge in [0, 0.05) is 33.2 Å². The largest absolute Gasteiger partial charge is 0.351 e. The van der Waals surface area contributed by atoms with Crippen LogP contribution in [0.2, 0.25) is 0 Å². The third-order valence-electron chi connectivity index (χ3n) is 4.35. The van der Waals surface area contributed by atoms with Gasteiger partial charge >= 0.3 is 4.87 Å². The lowest BCUT2D eigenvalue weighted by Gasteiger charge is -2.31. The highest BCUT2D eigenvalue weighted by molar-refractivity contribution is 7.85. The second-order valence-corrected chi connectivity index (χ2v) is 8.87. The highest BCUT2D eigenvalue weighted by Crippen LogP contribution is 2.23. The third-order valence-corrected chi connectivity index (χ3v) is 7.15. The predicted octanol–water partition coefficient (Wildman–Crippen LogP) is 1.72. The molecule has 1 amide bonds.